The standard InChI is InChI=1S/C16H16N2S/c1-4-6-15-17-16-11(2)9-12(10-13(16)18(15)3)14-7-5-8-19-14/h3,5,7-10H,4,6H2,1-2H3. The lowest BCUT2D eigenvalue weighted by Gasteiger charge is -2.03. The van der Waals surface area contributed by atoms with Crippen LogP contribution in [0.2, 0.25) is 0 Å². The van der Waals surface area contributed by atoms with Crippen molar-refractivity contribution in [1.82, 2.24) is 9.55 Å². The van der Waals surface area contributed by atoms with Crippen LogP contribution in [0.3, 0.4) is 0 Å². The third kappa shape index (κ3) is 2.08. The van der Waals surface area contributed by atoms with Crippen LogP contribution in [-0.2, 0) is 6.42 Å². The number of thiophene rings is 1. The van der Waals surface area contributed by atoms with Crippen molar-refractivity contribution in [1.29, 1.82) is 0 Å². The minimum Gasteiger partial charge on any atom is -0.320 e. The summed E-state index contributed by atoms with van der Waals surface area (Å²) in [5.41, 5.74) is 4.44. The molecule has 2 nitrogen and oxygen atoms in total. The first-order valence-corrected chi connectivity index (χ1v) is 7.39. The molecule has 0 fully saturated rings. The van der Waals surface area contributed by atoms with Gasteiger partial charge in [0.15, 0.2) is 0 Å². The van der Waals surface area contributed by atoms with E-state index in [1.165, 1.54) is 16.0 Å². The van der Waals surface area contributed by atoms with Crippen LogP contribution in [0.25, 0.3) is 21.5 Å². The monoisotopic (exact) mass is 268 g/mol. The van der Waals surface area contributed by atoms with E-state index in [-0.39, 0.29) is 0 Å². The van der Waals surface area contributed by atoms with Crippen molar-refractivity contribution in [2.75, 3.05) is 0 Å². The number of rotatable bonds is 3. The van der Waals surface area contributed by atoms with E-state index in [0.717, 1.165) is 29.7 Å². The lowest BCUT2D eigenvalue weighted by molar-refractivity contribution is 0.817. The average Bonchev–Trinajstić information content (AvgIpc) is 3.01. The molecule has 0 N–H and O–H groups in total. The smallest absolute Gasteiger partial charge is 0.110 e. The number of aryl methyl sites for hydroxylation is 2. The summed E-state index contributed by atoms with van der Waals surface area (Å²) in [7, 11) is 6.17. The molecular weight excluding hydrogens is 252 g/mol. The van der Waals surface area contributed by atoms with Crippen LogP contribution in [0.5, 0.6) is 0 Å². The molecule has 3 aromatic rings. The molecule has 0 spiro atoms. The van der Waals surface area contributed by atoms with Gasteiger partial charge < -0.3 is 4.57 Å². The highest BCUT2D eigenvalue weighted by Crippen LogP contribution is 2.30. The lowest BCUT2D eigenvalue weighted by atomic mass is 10.1. The molecular formula is C16H16N2S. The minimum atomic E-state index is 0.916. The van der Waals surface area contributed by atoms with Gasteiger partial charge in [0.2, 0.25) is 0 Å². The molecule has 0 unspecified atom stereocenters. The van der Waals surface area contributed by atoms with Gasteiger partial charge in [-0.05, 0) is 48.1 Å². The SMILES string of the molecule is [CH]n1c(CCC)nc2c(C)cc(-c3cccs3)cc21. The summed E-state index contributed by atoms with van der Waals surface area (Å²) in [5, 5.41) is 2.09. The Labute approximate surface area is 117 Å². The number of nitrogens with zero attached hydrogens (tertiary/aromatic N) is 2. The van der Waals surface area contributed by atoms with Crippen LogP contribution in [0, 0.1) is 14.0 Å². The first kappa shape index (κ1) is 12.4. The highest BCUT2D eigenvalue weighted by atomic mass is 32.1. The van der Waals surface area contributed by atoms with Crippen LogP contribution < -0.4 is 0 Å². The third-order valence-electron chi connectivity index (χ3n) is 3.34. The third-order valence-corrected chi connectivity index (χ3v) is 4.26. The first-order chi connectivity index (χ1) is 9.20. The predicted molar refractivity (Wildman–Crippen MR) is 81.5 cm³/mol. The zero-order valence-corrected chi connectivity index (χ0v) is 12.0. The summed E-state index contributed by atoms with van der Waals surface area (Å²) >= 11 is 1.75. The molecule has 0 amide bonds. The van der Waals surface area contributed by atoms with Crippen LogP contribution in [0.15, 0.2) is 29.6 Å². The molecule has 1 aromatic carbocycles. The number of aromatic nitrogens is 2. The van der Waals surface area contributed by atoms with Crippen molar-refractivity contribution in [2.45, 2.75) is 26.7 Å². The van der Waals surface area contributed by atoms with Crippen molar-refractivity contribution >= 4 is 22.4 Å². The molecule has 0 aliphatic rings. The van der Waals surface area contributed by atoms with Gasteiger partial charge in [0, 0.05) is 11.3 Å². The van der Waals surface area contributed by atoms with Gasteiger partial charge in [-0.3, -0.25) is 0 Å². The maximum absolute atomic E-state index is 6.17. The molecule has 96 valence electrons. The second-order valence-electron chi connectivity index (χ2n) is 4.79. The van der Waals surface area contributed by atoms with E-state index in [2.05, 4.69) is 48.5 Å². The number of fused-ring (bicyclic) bond motifs is 1. The second-order valence-corrected chi connectivity index (χ2v) is 5.73. The fraction of sp³-hybridized carbons (Fsp3) is 0.250. The van der Waals surface area contributed by atoms with Gasteiger partial charge in [-0.1, -0.05) is 13.0 Å². The Morgan fingerprint density at radius 3 is 2.89 bits per heavy atom. The summed E-state index contributed by atoms with van der Waals surface area (Å²) in [4.78, 5) is 5.93. The molecule has 2 heterocycles. The zero-order chi connectivity index (χ0) is 13.4. The van der Waals surface area contributed by atoms with Gasteiger partial charge >= 0.3 is 0 Å². The Bertz CT molecular complexity index is 708. The van der Waals surface area contributed by atoms with Gasteiger partial charge in [-0.25, -0.2) is 4.98 Å². The number of hydrogen-bond donors (Lipinski definition) is 0. The molecule has 0 saturated carbocycles. The molecule has 0 aliphatic carbocycles. The molecule has 2 aromatic heterocycles. The summed E-state index contributed by atoms with van der Waals surface area (Å²) in [5.74, 6) is 0.962. The van der Waals surface area contributed by atoms with Gasteiger partial charge in [-0.2, -0.15) is 0 Å². The quantitative estimate of drug-likeness (QED) is 0.681. The fourth-order valence-electron chi connectivity index (χ4n) is 2.40. The highest BCUT2D eigenvalue weighted by molar-refractivity contribution is 7.13. The molecule has 3 heteroatoms. The number of hydrogen-bond acceptors (Lipinski definition) is 2. The summed E-state index contributed by atoms with van der Waals surface area (Å²) in [6.07, 6.45) is 1.97. The topological polar surface area (TPSA) is 17.8 Å². The molecule has 3 rings (SSSR count). The Kier molecular flexibility index (Phi) is 3.15. The largest absolute Gasteiger partial charge is 0.320 e. The molecule has 19 heavy (non-hydrogen) atoms. The Hall–Kier alpha value is -1.61. The lowest BCUT2D eigenvalue weighted by Crippen LogP contribution is -1.94. The maximum atomic E-state index is 6.17. The normalized spacial score (nSPS) is 11.3. The summed E-state index contributed by atoms with van der Waals surface area (Å²) in [6, 6.07) is 8.54. The Balaban J connectivity index is 2.22. The van der Waals surface area contributed by atoms with Gasteiger partial charge in [-0.15, -0.1) is 11.3 Å². The molecule has 0 atom stereocenters. The van der Waals surface area contributed by atoms with Crippen LogP contribution in [-0.4, -0.2) is 9.55 Å². The van der Waals surface area contributed by atoms with Crippen molar-refractivity contribution in [3.05, 3.63) is 48.1 Å². The van der Waals surface area contributed by atoms with Crippen molar-refractivity contribution in [2.24, 2.45) is 0 Å². The number of benzene rings is 1. The van der Waals surface area contributed by atoms with Gasteiger partial charge in [0.05, 0.1) is 18.1 Å². The van der Waals surface area contributed by atoms with Crippen LogP contribution in [0.4, 0.5) is 0 Å². The molecule has 0 aliphatic heterocycles. The number of imidazole rings is 1. The zero-order valence-electron chi connectivity index (χ0n) is 11.2. The predicted octanol–water partition coefficient (Wildman–Crippen LogP) is 4.54. The second kappa shape index (κ2) is 4.82. The van der Waals surface area contributed by atoms with E-state index in [1.54, 1.807) is 15.9 Å². The van der Waals surface area contributed by atoms with E-state index in [0.29, 0.717) is 0 Å². The van der Waals surface area contributed by atoms with Crippen molar-refractivity contribution in [3.63, 3.8) is 0 Å². The average molecular weight is 268 g/mol. The van der Waals surface area contributed by atoms with E-state index < -0.39 is 0 Å². The van der Waals surface area contributed by atoms with E-state index in [9.17, 15) is 0 Å². The van der Waals surface area contributed by atoms with E-state index in [4.69, 9.17) is 7.05 Å². The van der Waals surface area contributed by atoms with Crippen molar-refractivity contribution in [3.8, 4) is 10.4 Å². The van der Waals surface area contributed by atoms with Gasteiger partial charge in [0.1, 0.15) is 5.82 Å². The maximum Gasteiger partial charge on any atom is 0.110 e. The van der Waals surface area contributed by atoms with E-state index in [1.807, 2.05) is 0 Å². The summed E-state index contributed by atoms with van der Waals surface area (Å²) < 4.78 is 1.74. The van der Waals surface area contributed by atoms with E-state index >= 15 is 0 Å². The molecule has 0 saturated heterocycles. The fourth-order valence-corrected chi connectivity index (χ4v) is 3.11. The molecule has 0 bridgehead atoms. The van der Waals surface area contributed by atoms with Crippen LogP contribution in [0.1, 0.15) is 24.7 Å². The van der Waals surface area contributed by atoms with Gasteiger partial charge in [0.25, 0.3) is 0 Å². The first-order valence-electron chi connectivity index (χ1n) is 6.51. The minimum absolute atomic E-state index is 0.916. The summed E-state index contributed by atoms with van der Waals surface area (Å²) in [6.45, 7) is 4.24. The van der Waals surface area contributed by atoms with Crippen LogP contribution >= 0.6 is 11.3 Å². The molecule has 2 radical (unpaired) electrons. The Morgan fingerprint density at radius 1 is 1.37 bits per heavy atom. The van der Waals surface area contributed by atoms with Crippen molar-refractivity contribution < 1.29 is 0 Å². The highest BCUT2D eigenvalue weighted by Gasteiger charge is 2.11. The Morgan fingerprint density at radius 2 is 2.21 bits per heavy atom.